The van der Waals surface area contributed by atoms with Gasteiger partial charge in [-0.15, -0.1) is 5.10 Å². The van der Waals surface area contributed by atoms with Crippen molar-refractivity contribution in [3.05, 3.63) is 52.6 Å². The summed E-state index contributed by atoms with van der Waals surface area (Å²) in [7, 11) is 1.59. The number of methoxy groups -OCH3 is 1. The molecule has 0 atom stereocenters. The van der Waals surface area contributed by atoms with E-state index >= 15 is 0 Å². The number of aryl methyl sites for hydroxylation is 1. The Balaban J connectivity index is 2.02. The van der Waals surface area contributed by atoms with E-state index in [0.717, 1.165) is 5.56 Å². The van der Waals surface area contributed by atoms with Crippen LogP contribution in [0.3, 0.4) is 0 Å². The molecule has 0 fully saturated rings. The lowest BCUT2D eigenvalue weighted by molar-refractivity contribution is 0.412. The molecule has 0 spiro atoms. The van der Waals surface area contributed by atoms with E-state index in [9.17, 15) is 4.79 Å². The smallest absolute Gasteiger partial charge is 0.266 e. The summed E-state index contributed by atoms with van der Waals surface area (Å²) >= 11 is 1.43. The predicted molar refractivity (Wildman–Crippen MR) is 97.0 cm³/mol. The van der Waals surface area contributed by atoms with Crippen LogP contribution in [0.5, 0.6) is 5.75 Å². The van der Waals surface area contributed by atoms with Crippen molar-refractivity contribution >= 4 is 28.4 Å². The molecule has 0 unspecified atom stereocenters. The maximum Gasteiger partial charge on any atom is 0.266 e. The van der Waals surface area contributed by atoms with Gasteiger partial charge in [0.2, 0.25) is 5.16 Å². The van der Waals surface area contributed by atoms with Crippen LogP contribution in [0.15, 0.2) is 46.6 Å². The number of aromatic nitrogens is 5. The highest BCUT2D eigenvalue weighted by molar-refractivity contribution is 7.98. The van der Waals surface area contributed by atoms with E-state index in [1.165, 1.54) is 11.8 Å². The molecule has 0 radical (unpaired) electrons. The lowest BCUT2D eigenvalue weighted by Crippen LogP contribution is -2.19. The number of thioether (sulfide) groups is 1. The van der Waals surface area contributed by atoms with Crippen molar-refractivity contribution in [1.29, 1.82) is 0 Å². The van der Waals surface area contributed by atoms with Crippen molar-refractivity contribution in [2.75, 3.05) is 13.4 Å². The van der Waals surface area contributed by atoms with Crippen LogP contribution < -0.4 is 10.3 Å². The molecule has 3 heterocycles. The summed E-state index contributed by atoms with van der Waals surface area (Å²) in [6.45, 7) is 1.97. The van der Waals surface area contributed by atoms with Gasteiger partial charge in [0, 0.05) is 12.4 Å². The van der Waals surface area contributed by atoms with Gasteiger partial charge in [-0.2, -0.15) is 9.50 Å². The third kappa shape index (κ3) is 2.45. The number of hydrogen-bond acceptors (Lipinski definition) is 6. The second kappa shape index (κ2) is 5.89. The zero-order valence-corrected chi connectivity index (χ0v) is 14.7. The van der Waals surface area contributed by atoms with Crippen LogP contribution in [0.2, 0.25) is 0 Å². The van der Waals surface area contributed by atoms with E-state index in [2.05, 4.69) is 15.1 Å². The van der Waals surface area contributed by atoms with Gasteiger partial charge >= 0.3 is 0 Å². The maximum absolute atomic E-state index is 13.0. The van der Waals surface area contributed by atoms with Crippen LogP contribution in [-0.4, -0.2) is 37.5 Å². The molecule has 1 aromatic carbocycles. The number of nitrogens with zero attached hydrogens (tertiary/aromatic N) is 5. The molecule has 0 aliphatic carbocycles. The zero-order valence-electron chi connectivity index (χ0n) is 13.9. The van der Waals surface area contributed by atoms with Crippen molar-refractivity contribution in [3.63, 3.8) is 0 Å². The van der Waals surface area contributed by atoms with E-state index in [-0.39, 0.29) is 5.56 Å². The second-order valence-corrected chi connectivity index (χ2v) is 6.31. The van der Waals surface area contributed by atoms with E-state index in [1.807, 2.05) is 37.4 Å². The van der Waals surface area contributed by atoms with Crippen LogP contribution in [0.1, 0.15) is 5.56 Å². The minimum atomic E-state index is -0.183. The molecule has 4 aromatic rings. The molecule has 0 aliphatic heterocycles. The minimum absolute atomic E-state index is 0.183. The van der Waals surface area contributed by atoms with Gasteiger partial charge in [-0.3, -0.25) is 9.36 Å². The minimum Gasteiger partial charge on any atom is -0.495 e. The third-order valence-corrected chi connectivity index (χ3v) is 4.53. The fourth-order valence-corrected chi connectivity index (χ4v) is 3.10. The van der Waals surface area contributed by atoms with Gasteiger partial charge in [-0.05, 0) is 36.9 Å². The highest BCUT2D eigenvalue weighted by atomic mass is 32.2. The second-order valence-electron chi connectivity index (χ2n) is 5.53. The first-order chi connectivity index (χ1) is 12.1. The first-order valence-electron chi connectivity index (χ1n) is 7.58. The molecule has 0 amide bonds. The topological polar surface area (TPSA) is 74.3 Å². The van der Waals surface area contributed by atoms with Crippen molar-refractivity contribution in [2.45, 2.75) is 12.1 Å². The lowest BCUT2D eigenvalue weighted by atomic mass is 10.2. The van der Waals surface area contributed by atoms with Crippen LogP contribution in [0.4, 0.5) is 0 Å². The molecule has 7 nitrogen and oxygen atoms in total. The molecule has 0 aliphatic rings. The summed E-state index contributed by atoms with van der Waals surface area (Å²) in [5, 5.41) is 5.47. The molecule has 0 bridgehead atoms. The van der Waals surface area contributed by atoms with E-state index < -0.39 is 0 Å². The van der Waals surface area contributed by atoms with Gasteiger partial charge in [-0.1, -0.05) is 17.8 Å². The Morgan fingerprint density at radius 2 is 2.08 bits per heavy atom. The highest BCUT2D eigenvalue weighted by Crippen LogP contribution is 2.23. The summed E-state index contributed by atoms with van der Waals surface area (Å²) in [6, 6.07) is 7.55. The first-order valence-corrected chi connectivity index (χ1v) is 8.81. The van der Waals surface area contributed by atoms with Crippen LogP contribution in [0, 0.1) is 6.92 Å². The Bertz CT molecular complexity index is 1170. The van der Waals surface area contributed by atoms with E-state index in [0.29, 0.717) is 33.3 Å². The predicted octanol–water partition coefficient (Wildman–Crippen LogP) is 2.47. The molecule has 4 rings (SSSR count). The highest BCUT2D eigenvalue weighted by Gasteiger charge is 2.13. The molecule has 0 saturated heterocycles. The average Bonchev–Trinajstić information content (AvgIpc) is 3.06. The van der Waals surface area contributed by atoms with Crippen molar-refractivity contribution in [3.8, 4) is 11.4 Å². The monoisotopic (exact) mass is 353 g/mol. The summed E-state index contributed by atoms with van der Waals surface area (Å²) in [5.41, 5.74) is 2.22. The number of pyridine rings is 1. The summed E-state index contributed by atoms with van der Waals surface area (Å²) in [6.07, 6.45) is 5.17. The molecule has 0 saturated carbocycles. The Morgan fingerprint density at radius 1 is 1.24 bits per heavy atom. The van der Waals surface area contributed by atoms with E-state index in [1.54, 1.807) is 28.6 Å². The van der Waals surface area contributed by atoms with Crippen LogP contribution in [-0.2, 0) is 0 Å². The van der Waals surface area contributed by atoms with Gasteiger partial charge < -0.3 is 4.74 Å². The van der Waals surface area contributed by atoms with Crippen LogP contribution in [0.25, 0.3) is 22.4 Å². The number of rotatable bonds is 3. The van der Waals surface area contributed by atoms with Gasteiger partial charge in [0.05, 0.1) is 23.7 Å². The number of ether oxygens (including phenoxy) is 1. The standard InChI is InChI=1S/C17H15N5O2S/c1-10-4-5-14(24-2)13(8-10)21-7-6-12-11(15(21)23)9-18-16-19-17(25-3)20-22(12)16/h4-9H,1-3H3. The Hall–Kier alpha value is -2.87. The molecule has 0 N–H and O–H groups in total. The quantitative estimate of drug-likeness (QED) is 0.527. The number of benzene rings is 1. The molecule has 25 heavy (non-hydrogen) atoms. The van der Waals surface area contributed by atoms with Gasteiger partial charge in [0.15, 0.2) is 0 Å². The van der Waals surface area contributed by atoms with E-state index in [4.69, 9.17) is 4.74 Å². The normalized spacial score (nSPS) is 11.3. The van der Waals surface area contributed by atoms with Crippen molar-refractivity contribution < 1.29 is 4.74 Å². The zero-order chi connectivity index (χ0) is 17.6. The average molecular weight is 353 g/mol. The largest absolute Gasteiger partial charge is 0.495 e. The first kappa shape index (κ1) is 15.6. The molecular formula is C17H15N5O2S. The maximum atomic E-state index is 13.0. The SMILES string of the molecule is COc1ccc(C)cc1-n1ccc2c(cnc3nc(SC)nn32)c1=O. The van der Waals surface area contributed by atoms with Gasteiger partial charge in [0.1, 0.15) is 5.75 Å². The summed E-state index contributed by atoms with van der Waals surface area (Å²) in [4.78, 5) is 21.6. The lowest BCUT2D eigenvalue weighted by Gasteiger charge is -2.12. The summed E-state index contributed by atoms with van der Waals surface area (Å²) in [5.74, 6) is 1.11. The number of fused-ring (bicyclic) bond motifs is 3. The molecular weight excluding hydrogens is 338 g/mol. The fraction of sp³-hybridized carbons (Fsp3) is 0.176. The van der Waals surface area contributed by atoms with Crippen molar-refractivity contribution in [1.82, 2.24) is 24.1 Å². The molecule has 126 valence electrons. The third-order valence-electron chi connectivity index (χ3n) is 3.99. The Morgan fingerprint density at radius 3 is 2.84 bits per heavy atom. The molecule has 3 aromatic heterocycles. The molecule has 8 heteroatoms. The summed E-state index contributed by atoms with van der Waals surface area (Å²) < 4.78 is 8.57. The van der Waals surface area contributed by atoms with Gasteiger partial charge in [0.25, 0.3) is 11.3 Å². The van der Waals surface area contributed by atoms with Crippen LogP contribution >= 0.6 is 11.8 Å². The Kier molecular flexibility index (Phi) is 3.69. The van der Waals surface area contributed by atoms with Crippen molar-refractivity contribution in [2.24, 2.45) is 0 Å². The number of hydrogen-bond donors (Lipinski definition) is 0. The fourth-order valence-electron chi connectivity index (χ4n) is 2.77. The Labute approximate surface area is 147 Å². The van der Waals surface area contributed by atoms with Gasteiger partial charge in [-0.25, -0.2) is 4.98 Å².